The normalized spacial score (nSPS) is 22.7. The van der Waals surface area contributed by atoms with Gasteiger partial charge in [0, 0.05) is 32.5 Å². The third kappa shape index (κ3) is 4.84. The van der Waals surface area contributed by atoms with Crippen molar-refractivity contribution >= 4 is 5.91 Å². The van der Waals surface area contributed by atoms with Crippen LogP contribution in [-0.2, 0) is 9.47 Å². The zero-order chi connectivity index (χ0) is 22.6. The summed E-state index contributed by atoms with van der Waals surface area (Å²) < 4.78 is 18.6. The second-order valence-corrected chi connectivity index (χ2v) is 8.89. The molecule has 2 aliphatic rings. The van der Waals surface area contributed by atoms with E-state index >= 15 is 0 Å². The van der Waals surface area contributed by atoms with Crippen LogP contribution in [0.5, 0.6) is 5.75 Å². The Labute approximate surface area is 191 Å². The molecular formula is C27H35NO4. The number of ether oxygens (including phenoxy) is 3. The molecule has 5 nitrogen and oxygen atoms in total. The molecule has 2 aromatic carbocycles. The van der Waals surface area contributed by atoms with Crippen LogP contribution in [0.15, 0.2) is 48.5 Å². The number of piperidine rings is 1. The summed E-state index contributed by atoms with van der Waals surface area (Å²) in [5.74, 6) is 0.749. The van der Waals surface area contributed by atoms with Gasteiger partial charge in [-0.15, -0.1) is 0 Å². The smallest absolute Gasteiger partial charge is 0.257 e. The van der Waals surface area contributed by atoms with E-state index in [-0.39, 0.29) is 23.7 Å². The maximum Gasteiger partial charge on any atom is 0.257 e. The molecule has 0 radical (unpaired) electrons. The van der Waals surface area contributed by atoms with Crippen molar-refractivity contribution in [1.29, 1.82) is 0 Å². The van der Waals surface area contributed by atoms with Crippen LogP contribution < -0.4 is 4.74 Å². The molecule has 0 bridgehead atoms. The van der Waals surface area contributed by atoms with Gasteiger partial charge in [-0.1, -0.05) is 42.5 Å². The third-order valence-corrected chi connectivity index (χ3v) is 6.74. The van der Waals surface area contributed by atoms with Crippen molar-refractivity contribution in [3.8, 4) is 5.75 Å². The van der Waals surface area contributed by atoms with Gasteiger partial charge in [-0.3, -0.25) is 4.79 Å². The number of likely N-dealkylation sites (tertiary alicyclic amines) is 1. The van der Waals surface area contributed by atoms with Crippen molar-refractivity contribution < 1.29 is 19.0 Å². The predicted octanol–water partition coefficient (Wildman–Crippen LogP) is 5.33. The number of para-hydroxylation sites is 1. The molecule has 5 heteroatoms. The summed E-state index contributed by atoms with van der Waals surface area (Å²) in [5, 5.41) is 0. The van der Waals surface area contributed by atoms with Crippen molar-refractivity contribution in [1.82, 2.24) is 4.90 Å². The van der Waals surface area contributed by atoms with Crippen molar-refractivity contribution in [2.75, 3.05) is 26.3 Å². The molecule has 0 saturated carbocycles. The van der Waals surface area contributed by atoms with E-state index in [1.54, 1.807) is 0 Å². The van der Waals surface area contributed by atoms with E-state index in [4.69, 9.17) is 14.2 Å². The highest BCUT2D eigenvalue weighted by Gasteiger charge is 2.45. The van der Waals surface area contributed by atoms with E-state index in [2.05, 4.69) is 31.2 Å². The lowest BCUT2D eigenvalue weighted by molar-refractivity contribution is -0.190. The molecule has 0 aliphatic carbocycles. The van der Waals surface area contributed by atoms with Crippen molar-refractivity contribution in [3.05, 3.63) is 65.2 Å². The number of carbonyl (C=O) groups excluding carboxylic acids is 1. The van der Waals surface area contributed by atoms with Crippen molar-refractivity contribution in [2.45, 2.75) is 64.3 Å². The third-order valence-electron chi connectivity index (χ3n) is 6.74. The van der Waals surface area contributed by atoms with Crippen LogP contribution in [0.1, 0.15) is 67.1 Å². The second-order valence-electron chi connectivity index (χ2n) is 8.89. The van der Waals surface area contributed by atoms with Gasteiger partial charge in [-0.2, -0.15) is 0 Å². The SMILES string of the molecule is CCOc1c(C)cccc1C(=O)N1CCC2(CC1)C[C@H](OCC)C[C@H](c1ccccc1)O2. The number of hydrogen-bond acceptors (Lipinski definition) is 4. The number of rotatable bonds is 6. The molecular weight excluding hydrogens is 402 g/mol. The Bertz CT molecular complexity index is 905. The lowest BCUT2D eigenvalue weighted by Gasteiger charge is -2.48. The monoisotopic (exact) mass is 437 g/mol. The van der Waals surface area contributed by atoms with Gasteiger partial charge in [0.2, 0.25) is 0 Å². The molecule has 0 N–H and O–H groups in total. The molecule has 4 rings (SSSR count). The largest absolute Gasteiger partial charge is 0.493 e. The molecule has 2 atom stereocenters. The summed E-state index contributed by atoms with van der Waals surface area (Å²) in [6.07, 6.45) is 3.63. The molecule has 0 unspecified atom stereocenters. The standard InChI is InChI=1S/C27H35NO4/c1-4-30-22-18-24(21-11-7-6-8-12-21)32-27(19-22)14-16-28(17-15-27)26(29)23-13-9-10-20(3)25(23)31-5-2/h6-13,22,24H,4-5,14-19H2,1-3H3/t22-,24-/m1/s1. The first-order valence-corrected chi connectivity index (χ1v) is 11.9. The van der Waals surface area contributed by atoms with Gasteiger partial charge in [0.15, 0.2) is 0 Å². The number of hydrogen-bond donors (Lipinski definition) is 0. The quantitative estimate of drug-likeness (QED) is 0.613. The Kier molecular flexibility index (Phi) is 7.17. The highest BCUT2D eigenvalue weighted by Crippen LogP contribution is 2.44. The molecule has 0 aromatic heterocycles. The Morgan fingerprint density at radius 1 is 1.06 bits per heavy atom. The highest BCUT2D eigenvalue weighted by molar-refractivity contribution is 5.97. The van der Waals surface area contributed by atoms with E-state index in [9.17, 15) is 4.79 Å². The summed E-state index contributed by atoms with van der Waals surface area (Å²) >= 11 is 0. The second kappa shape index (κ2) is 10.1. The Balaban J connectivity index is 1.49. The van der Waals surface area contributed by atoms with Gasteiger partial charge in [0.1, 0.15) is 5.75 Å². The Morgan fingerprint density at radius 2 is 1.81 bits per heavy atom. The number of nitrogens with zero attached hydrogens (tertiary/aromatic N) is 1. The fourth-order valence-corrected chi connectivity index (χ4v) is 5.14. The first-order valence-electron chi connectivity index (χ1n) is 11.9. The summed E-state index contributed by atoms with van der Waals surface area (Å²) in [7, 11) is 0. The van der Waals surface area contributed by atoms with E-state index in [1.807, 2.05) is 43.0 Å². The molecule has 2 aromatic rings. The lowest BCUT2D eigenvalue weighted by atomic mass is 9.80. The van der Waals surface area contributed by atoms with E-state index in [0.717, 1.165) is 31.2 Å². The summed E-state index contributed by atoms with van der Waals surface area (Å²) in [6, 6.07) is 16.2. The molecule has 2 heterocycles. The zero-order valence-electron chi connectivity index (χ0n) is 19.5. The topological polar surface area (TPSA) is 48.0 Å². The van der Waals surface area contributed by atoms with Gasteiger partial charge in [0.25, 0.3) is 5.91 Å². The molecule has 2 saturated heterocycles. The number of benzene rings is 2. The van der Waals surface area contributed by atoms with Gasteiger partial charge in [0.05, 0.1) is 30.0 Å². The van der Waals surface area contributed by atoms with Gasteiger partial charge in [-0.25, -0.2) is 0 Å². The van der Waals surface area contributed by atoms with Crippen molar-refractivity contribution in [2.24, 2.45) is 0 Å². The summed E-state index contributed by atoms with van der Waals surface area (Å²) in [4.78, 5) is 15.3. The fourth-order valence-electron chi connectivity index (χ4n) is 5.14. The Hall–Kier alpha value is -2.37. The maximum atomic E-state index is 13.4. The average molecular weight is 438 g/mol. The van der Waals surface area contributed by atoms with Crippen LogP contribution in [0.2, 0.25) is 0 Å². The summed E-state index contributed by atoms with van der Waals surface area (Å²) in [6.45, 7) is 8.60. The molecule has 2 aliphatic heterocycles. The minimum absolute atomic E-state index is 0.0325. The highest BCUT2D eigenvalue weighted by atomic mass is 16.5. The van der Waals surface area contributed by atoms with Crippen LogP contribution in [0.4, 0.5) is 0 Å². The fraction of sp³-hybridized carbons (Fsp3) is 0.519. The van der Waals surface area contributed by atoms with Crippen LogP contribution >= 0.6 is 0 Å². The van der Waals surface area contributed by atoms with Gasteiger partial charge < -0.3 is 19.1 Å². The maximum absolute atomic E-state index is 13.4. The number of amides is 1. The molecule has 2 fully saturated rings. The average Bonchev–Trinajstić information content (AvgIpc) is 2.81. The van der Waals surface area contributed by atoms with Crippen LogP contribution in [0.25, 0.3) is 0 Å². The molecule has 1 amide bonds. The molecule has 1 spiro atoms. The first-order chi connectivity index (χ1) is 15.5. The number of carbonyl (C=O) groups is 1. The number of aryl methyl sites for hydroxylation is 1. The van der Waals surface area contributed by atoms with Crippen LogP contribution in [-0.4, -0.2) is 48.8 Å². The van der Waals surface area contributed by atoms with E-state index in [1.165, 1.54) is 5.56 Å². The molecule has 32 heavy (non-hydrogen) atoms. The van der Waals surface area contributed by atoms with Crippen LogP contribution in [0, 0.1) is 6.92 Å². The summed E-state index contributed by atoms with van der Waals surface area (Å²) in [5.41, 5.74) is 2.61. The zero-order valence-corrected chi connectivity index (χ0v) is 19.5. The Morgan fingerprint density at radius 3 is 2.50 bits per heavy atom. The first kappa shape index (κ1) is 22.8. The lowest BCUT2D eigenvalue weighted by Crippen LogP contribution is -2.52. The van der Waals surface area contributed by atoms with E-state index < -0.39 is 0 Å². The van der Waals surface area contributed by atoms with Crippen molar-refractivity contribution in [3.63, 3.8) is 0 Å². The predicted molar refractivity (Wildman–Crippen MR) is 125 cm³/mol. The van der Waals surface area contributed by atoms with Gasteiger partial charge >= 0.3 is 0 Å². The van der Waals surface area contributed by atoms with E-state index in [0.29, 0.717) is 37.6 Å². The minimum atomic E-state index is -0.245. The molecule has 172 valence electrons. The van der Waals surface area contributed by atoms with Gasteiger partial charge in [-0.05, 0) is 50.8 Å². The minimum Gasteiger partial charge on any atom is -0.493 e. The van der Waals surface area contributed by atoms with Crippen LogP contribution in [0.3, 0.4) is 0 Å².